The lowest BCUT2D eigenvalue weighted by Crippen LogP contribution is -2.45. The van der Waals surface area contributed by atoms with Crippen molar-refractivity contribution in [1.29, 1.82) is 0 Å². The van der Waals surface area contributed by atoms with Crippen LogP contribution >= 0.6 is 15.9 Å². The molecule has 1 aliphatic heterocycles. The monoisotopic (exact) mass is 331 g/mol. The Hall–Kier alpha value is -0.980. The third-order valence-corrected chi connectivity index (χ3v) is 3.86. The summed E-state index contributed by atoms with van der Waals surface area (Å²) >= 11 is 3.06. The molecule has 1 aliphatic rings. The van der Waals surface area contributed by atoms with E-state index in [1.54, 1.807) is 7.11 Å². The van der Waals surface area contributed by atoms with E-state index in [9.17, 15) is 9.18 Å². The van der Waals surface area contributed by atoms with Crippen LogP contribution in [0.4, 0.5) is 4.39 Å². The zero-order valence-electron chi connectivity index (χ0n) is 10.5. The van der Waals surface area contributed by atoms with Gasteiger partial charge in [0.1, 0.15) is 11.4 Å². The van der Waals surface area contributed by atoms with Crippen LogP contribution in [0.25, 0.3) is 0 Å². The zero-order chi connectivity index (χ0) is 13.9. The van der Waals surface area contributed by atoms with E-state index in [0.29, 0.717) is 25.3 Å². The molecule has 1 amide bonds. The van der Waals surface area contributed by atoms with Gasteiger partial charge in [-0.2, -0.15) is 0 Å². The van der Waals surface area contributed by atoms with E-state index in [0.717, 1.165) is 6.42 Å². The van der Waals surface area contributed by atoms with Gasteiger partial charge in [-0.1, -0.05) is 0 Å². The molecule has 0 radical (unpaired) electrons. The number of carbonyl (C=O) groups excluding carboxylic acids is 1. The van der Waals surface area contributed by atoms with Crippen LogP contribution in [-0.4, -0.2) is 38.4 Å². The van der Waals surface area contributed by atoms with Crippen LogP contribution in [0.5, 0.6) is 0 Å². The molecule has 2 rings (SSSR count). The molecule has 19 heavy (non-hydrogen) atoms. The van der Waals surface area contributed by atoms with Gasteiger partial charge in [-0.3, -0.25) is 4.79 Å². The third kappa shape index (κ3) is 3.32. The molecule has 1 N–H and O–H groups in total. The zero-order valence-corrected chi connectivity index (χ0v) is 12.1. The van der Waals surface area contributed by atoms with Gasteiger partial charge in [-0.05, 0) is 34.1 Å². The predicted molar refractivity (Wildman–Crippen MR) is 71.6 cm³/mol. The Morgan fingerprint density at radius 3 is 3.00 bits per heavy atom. The molecule has 1 heterocycles. The molecule has 0 aromatic heterocycles. The Morgan fingerprint density at radius 1 is 1.63 bits per heavy atom. The van der Waals surface area contributed by atoms with Crippen LogP contribution in [0.2, 0.25) is 0 Å². The molecule has 1 atom stereocenters. The summed E-state index contributed by atoms with van der Waals surface area (Å²) in [5.74, 6) is -0.655. The number of halogens is 2. The highest BCUT2D eigenvalue weighted by Crippen LogP contribution is 2.22. The maximum atomic E-state index is 13.1. The van der Waals surface area contributed by atoms with E-state index in [1.165, 1.54) is 18.2 Å². The fraction of sp³-hybridized carbons (Fsp3) is 0.462. The number of methoxy groups -OCH3 is 1. The highest BCUT2D eigenvalue weighted by molar-refractivity contribution is 9.10. The van der Waals surface area contributed by atoms with Crippen LogP contribution in [0, 0.1) is 5.82 Å². The number of hydrogen-bond acceptors (Lipinski definition) is 3. The average Bonchev–Trinajstić information content (AvgIpc) is 2.89. The van der Waals surface area contributed by atoms with E-state index in [1.807, 2.05) is 0 Å². The Labute approximate surface area is 119 Å². The van der Waals surface area contributed by atoms with Gasteiger partial charge in [-0.25, -0.2) is 4.39 Å². The van der Waals surface area contributed by atoms with Gasteiger partial charge < -0.3 is 14.8 Å². The Balaban J connectivity index is 1.99. The van der Waals surface area contributed by atoms with Crippen molar-refractivity contribution in [3.63, 3.8) is 0 Å². The van der Waals surface area contributed by atoms with E-state index < -0.39 is 11.4 Å². The molecular weight excluding hydrogens is 317 g/mol. The number of amides is 1. The second kappa shape index (κ2) is 5.98. The van der Waals surface area contributed by atoms with Gasteiger partial charge >= 0.3 is 0 Å². The first kappa shape index (κ1) is 14.4. The Morgan fingerprint density at radius 2 is 2.42 bits per heavy atom. The summed E-state index contributed by atoms with van der Waals surface area (Å²) in [5, 5.41) is 2.79. The third-order valence-electron chi connectivity index (χ3n) is 3.25. The van der Waals surface area contributed by atoms with Crippen molar-refractivity contribution in [3.8, 4) is 0 Å². The average molecular weight is 332 g/mol. The first-order valence-corrected chi connectivity index (χ1v) is 6.72. The minimum Gasteiger partial charge on any atom is -0.378 e. The van der Waals surface area contributed by atoms with Gasteiger partial charge in [0.15, 0.2) is 0 Å². The smallest absolute Gasteiger partial charge is 0.251 e. The van der Waals surface area contributed by atoms with Gasteiger partial charge in [0.05, 0.1) is 11.1 Å². The predicted octanol–water partition coefficient (Wildman–Crippen LogP) is 2.12. The van der Waals surface area contributed by atoms with Crippen molar-refractivity contribution in [1.82, 2.24) is 5.32 Å². The Bertz CT molecular complexity index is 475. The SMILES string of the molecule is COC1(CNC(=O)c2ccc(F)c(Br)c2)CCOC1. The fourth-order valence-corrected chi connectivity index (χ4v) is 2.32. The lowest BCUT2D eigenvalue weighted by Gasteiger charge is -2.25. The largest absolute Gasteiger partial charge is 0.378 e. The highest BCUT2D eigenvalue weighted by atomic mass is 79.9. The molecule has 1 fully saturated rings. The van der Waals surface area contributed by atoms with Crippen LogP contribution in [-0.2, 0) is 9.47 Å². The molecule has 1 aromatic rings. The number of benzene rings is 1. The first-order chi connectivity index (χ1) is 9.06. The number of rotatable bonds is 4. The molecule has 1 saturated heterocycles. The maximum absolute atomic E-state index is 13.1. The van der Waals surface area contributed by atoms with Crippen LogP contribution in [0.3, 0.4) is 0 Å². The summed E-state index contributed by atoms with van der Waals surface area (Å²) in [6.07, 6.45) is 0.747. The van der Waals surface area contributed by atoms with Gasteiger partial charge in [0.2, 0.25) is 0 Å². The van der Waals surface area contributed by atoms with Crippen molar-refractivity contribution in [2.45, 2.75) is 12.0 Å². The van der Waals surface area contributed by atoms with Gasteiger partial charge in [-0.15, -0.1) is 0 Å². The lowest BCUT2D eigenvalue weighted by molar-refractivity contribution is -0.0148. The molecule has 1 aromatic carbocycles. The van der Waals surface area contributed by atoms with Crippen LogP contribution in [0.1, 0.15) is 16.8 Å². The van der Waals surface area contributed by atoms with Crippen molar-refractivity contribution >= 4 is 21.8 Å². The first-order valence-electron chi connectivity index (χ1n) is 5.92. The van der Waals surface area contributed by atoms with E-state index >= 15 is 0 Å². The standard InChI is InChI=1S/C13H15BrFNO3/c1-18-13(4-5-19-8-13)7-16-12(17)9-2-3-11(15)10(14)6-9/h2-3,6H,4-5,7-8H2,1H3,(H,16,17). The minimum absolute atomic E-state index is 0.260. The quantitative estimate of drug-likeness (QED) is 0.919. The number of hydrogen-bond donors (Lipinski definition) is 1. The van der Waals surface area contributed by atoms with E-state index in [-0.39, 0.29) is 10.4 Å². The van der Waals surface area contributed by atoms with Gasteiger partial charge in [0.25, 0.3) is 5.91 Å². The number of carbonyl (C=O) groups is 1. The summed E-state index contributed by atoms with van der Waals surface area (Å²) in [6.45, 7) is 1.47. The Kier molecular flexibility index (Phi) is 4.54. The molecule has 0 saturated carbocycles. The van der Waals surface area contributed by atoms with Gasteiger partial charge in [0, 0.05) is 32.2 Å². The van der Waals surface area contributed by atoms with Crippen LogP contribution in [0.15, 0.2) is 22.7 Å². The normalized spacial score (nSPS) is 22.5. The second-order valence-corrected chi connectivity index (χ2v) is 5.36. The molecule has 0 spiro atoms. The van der Waals surface area contributed by atoms with Crippen LogP contribution < -0.4 is 5.32 Å². The summed E-state index contributed by atoms with van der Waals surface area (Å²) in [6, 6.07) is 4.15. The van der Waals surface area contributed by atoms with E-state index in [4.69, 9.17) is 9.47 Å². The number of ether oxygens (including phenoxy) is 2. The summed E-state index contributed by atoms with van der Waals surface area (Å²) < 4.78 is 24.1. The topological polar surface area (TPSA) is 47.6 Å². The summed E-state index contributed by atoms with van der Waals surface area (Å²) in [7, 11) is 1.61. The lowest BCUT2D eigenvalue weighted by atomic mass is 10.0. The summed E-state index contributed by atoms with van der Waals surface area (Å²) in [4.78, 5) is 12.0. The van der Waals surface area contributed by atoms with Crippen molar-refractivity contribution in [2.24, 2.45) is 0 Å². The molecule has 1 unspecified atom stereocenters. The number of nitrogens with one attached hydrogen (secondary N) is 1. The van der Waals surface area contributed by atoms with Crippen molar-refractivity contribution < 1.29 is 18.7 Å². The summed E-state index contributed by atoms with van der Waals surface area (Å²) in [5.41, 5.74) is -0.0501. The maximum Gasteiger partial charge on any atom is 0.251 e. The molecule has 6 heteroatoms. The van der Waals surface area contributed by atoms with Crippen molar-refractivity contribution in [3.05, 3.63) is 34.1 Å². The molecule has 0 bridgehead atoms. The molecule has 0 aliphatic carbocycles. The molecular formula is C13H15BrFNO3. The highest BCUT2D eigenvalue weighted by Gasteiger charge is 2.35. The van der Waals surface area contributed by atoms with E-state index in [2.05, 4.69) is 21.2 Å². The fourth-order valence-electron chi connectivity index (χ4n) is 1.94. The second-order valence-electron chi connectivity index (χ2n) is 4.50. The minimum atomic E-state index is -0.451. The van der Waals surface area contributed by atoms with Crippen molar-refractivity contribution in [2.75, 3.05) is 26.9 Å². The molecule has 104 valence electrons. The molecule has 4 nitrogen and oxygen atoms in total.